The molecule has 8 nitrogen and oxygen atoms in total. The zero-order chi connectivity index (χ0) is 20.3. The molecule has 1 saturated heterocycles. The summed E-state index contributed by atoms with van der Waals surface area (Å²) in [5.41, 5.74) is -0.694. The number of rotatable bonds is 4. The van der Waals surface area contributed by atoms with Crippen molar-refractivity contribution < 1.29 is 27.2 Å². The van der Waals surface area contributed by atoms with Gasteiger partial charge in [0.25, 0.3) is 5.89 Å². The molecule has 1 N–H and O–H groups in total. The van der Waals surface area contributed by atoms with Gasteiger partial charge in [-0.05, 0) is 26.0 Å². The number of hydrogen-bond acceptors (Lipinski definition) is 6. The highest BCUT2D eigenvalue weighted by Gasteiger charge is 2.33. The average molecular weight is 399 g/mol. The van der Waals surface area contributed by atoms with E-state index in [9.17, 15) is 18.0 Å². The van der Waals surface area contributed by atoms with E-state index in [1.807, 2.05) is 6.92 Å². The maximum absolute atomic E-state index is 12.7. The van der Waals surface area contributed by atoms with Gasteiger partial charge in [-0.15, -0.1) is 0 Å². The van der Waals surface area contributed by atoms with E-state index in [-0.39, 0.29) is 37.3 Å². The maximum atomic E-state index is 12.7. The Kier molecular flexibility index (Phi) is 5.82. The van der Waals surface area contributed by atoms with Crippen LogP contribution in [0.5, 0.6) is 0 Å². The molecule has 0 bridgehead atoms. The molecule has 0 saturated carbocycles. The lowest BCUT2D eigenvalue weighted by atomic mass is 10.2. The summed E-state index contributed by atoms with van der Waals surface area (Å²) in [7, 11) is 0. The van der Waals surface area contributed by atoms with E-state index in [2.05, 4.69) is 20.4 Å². The molecule has 0 spiro atoms. The molecule has 0 aliphatic carbocycles. The van der Waals surface area contributed by atoms with E-state index in [1.165, 1.54) is 12.1 Å². The fourth-order valence-corrected chi connectivity index (χ4v) is 2.88. The first-order chi connectivity index (χ1) is 13.2. The summed E-state index contributed by atoms with van der Waals surface area (Å²) in [4.78, 5) is 21.7. The molecule has 3 rings (SSSR count). The van der Waals surface area contributed by atoms with Crippen LogP contribution in [-0.4, -0.2) is 51.8 Å². The summed E-state index contributed by atoms with van der Waals surface area (Å²) in [6.45, 7) is 4.27. The summed E-state index contributed by atoms with van der Waals surface area (Å²) in [6, 6.07) is 3.36. The van der Waals surface area contributed by atoms with Crippen LogP contribution in [0, 0.1) is 6.92 Å². The van der Waals surface area contributed by atoms with Gasteiger partial charge in [0.1, 0.15) is 5.69 Å². The number of hydrogen-bond donors (Lipinski definition) is 1. The minimum absolute atomic E-state index is 0.156. The van der Waals surface area contributed by atoms with Crippen LogP contribution in [0.15, 0.2) is 22.7 Å². The first-order valence-electron chi connectivity index (χ1n) is 8.74. The van der Waals surface area contributed by atoms with Crippen LogP contribution in [0.4, 0.5) is 18.0 Å². The summed E-state index contributed by atoms with van der Waals surface area (Å²) in [6.07, 6.45) is -5.07. The molecule has 0 unspecified atom stereocenters. The molecule has 3 heterocycles. The van der Waals surface area contributed by atoms with Crippen molar-refractivity contribution in [1.82, 2.24) is 25.3 Å². The molecule has 0 radical (unpaired) electrons. The molecule has 1 aliphatic heterocycles. The second-order valence-electron chi connectivity index (χ2n) is 6.51. The number of urea groups is 1. The van der Waals surface area contributed by atoms with Crippen LogP contribution < -0.4 is 5.32 Å². The minimum Gasteiger partial charge on any atom is -0.362 e. The van der Waals surface area contributed by atoms with E-state index in [0.29, 0.717) is 18.3 Å². The zero-order valence-corrected chi connectivity index (χ0v) is 15.4. The third-order valence-electron chi connectivity index (χ3n) is 4.12. The predicted molar refractivity (Wildman–Crippen MR) is 90.2 cm³/mol. The van der Waals surface area contributed by atoms with Crippen molar-refractivity contribution in [3.05, 3.63) is 41.3 Å². The SMILES string of the molecule is Cc1noc([C@H]2CN(C(=O)NCCc3cccc(C(F)(F)F)n3)C[C@@H](C)O2)n1. The summed E-state index contributed by atoms with van der Waals surface area (Å²) >= 11 is 0. The highest BCUT2D eigenvalue weighted by atomic mass is 19.4. The third kappa shape index (κ3) is 4.97. The molecule has 1 fully saturated rings. The summed E-state index contributed by atoms with van der Waals surface area (Å²) in [5, 5.41) is 6.42. The number of aryl methyl sites for hydroxylation is 1. The molecule has 28 heavy (non-hydrogen) atoms. The van der Waals surface area contributed by atoms with Crippen molar-refractivity contribution in [2.75, 3.05) is 19.6 Å². The van der Waals surface area contributed by atoms with Crippen molar-refractivity contribution >= 4 is 6.03 Å². The molecule has 0 aromatic carbocycles. The quantitative estimate of drug-likeness (QED) is 0.849. The number of alkyl halides is 3. The first kappa shape index (κ1) is 20.1. The van der Waals surface area contributed by atoms with Crippen LogP contribution in [0.3, 0.4) is 0 Å². The normalized spacial score (nSPS) is 20.2. The van der Waals surface area contributed by atoms with Crippen LogP contribution >= 0.6 is 0 Å². The van der Waals surface area contributed by atoms with Gasteiger partial charge < -0.3 is 19.5 Å². The lowest BCUT2D eigenvalue weighted by molar-refractivity contribution is -0.141. The molecular weight excluding hydrogens is 379 g/mol. The number of morpholine rings is 1. The highest BCUT2D eigenvalue weighted by molar-refractivity contribution is 5.74. The van der Waals surface area contributed by atoms with E-state index in [4.69, 9.17) is 9.26 Å². The molecule has 11 heteroatoms. The van der Waals surface area contributed by atoms with E-state index < -0.39 is 18.0 Å². The molecule has 152 valence electrons. The molecule has 2 aromatic heterocycles. The van der Waals surface area contributed by atoms with Gasteiger partial charge in [-0.25, -0.2) is 9.78 Å². The van der Waals surface area contributed by atoms with Gasteiger partial charge >= 0.3 is 12.2 Å². The number of nitrogens with zero attached hydrogens (tertiary/aromatic N) is 4. The fraction of sp³-hybridized carbons (Fsp3) is 0.529. The Labute approximate surface area is 159 Å². The molecule has 2 atom stereocenters. The highest BCUT2D eigenvalue weighted by Crippen LogP contribution is 2.27. The third-order valence-corrected chi connectivity index (χ3v) is 4.12. The Morgan fingerprint density at radius 2 is 2.11 bits per heavy atom. The Bertz CT molecular complexity index is 826. The monoisotopic (exact) mass is 399 g/mol. The van der Waals surface area contributed by atoms with Crippen LogP contribution in [0.1, 0.15) is 36.1 Å². The Morgan fingerprint density at radius 3 is 2.79 bits per heavy atom. The van der Waals surface area contributed by atoms with E-state index in [0.717, 1.165) is 6.07 Å². The van der Waals surface area contributed by atoms with Crippen molar-refractivity contribution in [2.24, 2.45) is 0 Å². The van der Waals surface area contributed by atoms with E-state index in [1.54, 1.807) is 11.8 Å². The number of ether oxygens (including phenoxy) is 1. The molecule has 2 amide bonds. The lowest BCUT2D eigenvalue weighted by Crippen LogP contribution is -2.50. The molecule has 1 aliphatic rings. The van der Waals surface area contributed by atoms with Crippen LogP contribution in [0.2, 0.25) is 0 Å². The number of carbonyl (C=O) groups excluding carboxylic acids is 1. The Balaban J connectivity index is 1.54. The lowest BCUT2D eigenvalue weighted by Gasteiger charge is -2.35. The van der Waals surface area contributed by atoms with Crippen LogP contribution in [-0.2, 0) is 17.3 Å². The second kappa shape index (κ2) is 8.13. The number of halogens is 3. The van der Waals surface area contributed by atoms with Gasteiger partial charge in [0.15, 0.2) is 11.9 Å². The van der Waals surface area contributed by atoms with Gasteiger partial charge in [0, 0.05) is 25.2 Å². The largest absolute Gasteiger partial charge is 0.433 e. The van der Waals surface area contributed by atoms with Crippen LogP contribution in [0.25, 0.3) is 0 Å². The average Bonchev–Trinajstić information content (AvgIpc) is 3.07. The van der Waals surface area contributed by atoms with Gasteiger partial charge in [-0.2, -0.15) is 18.2 Å². The summed E-state index contributed by atoms with van der Waals surface area (Å²) in [5.74, 6) is 0.774. The standard InChI is InChI=1S/C17H20F3N5O3/c1-10-8-25(9-13(27-10)15-22-11(2)24-28-15)16(26)21-7-6-12-4-3-5-14(23-12)17(18,19)20/h3-5,10,13H,6-9H2,1-2H3,(H,21,26)/t10-,13-/m1/s1. The van der Waals surface area contributed by atoms with Crippen molar-refractivity contribution in [2.45, 2.75) is 38.7 Å². The van der Waals surface area contributed by atoms with Gasteiger partial charge in [0.05, 0.1) is 12.6 Å². The van der Waals surface area contributed by atoms with Crippen molar-refractivity contribution in [3.8, 4) is 0 Å². The number of carbonyl (C=O) groups is 1. The van der Waals surface area contributed by atoms with Gasteiger partial charge in [-0.1, -0.05) is 11.2 Å². The van der Waals surface area contributed by atoms with Gasteiger partial charge in [-0.3, -0.25) is 0 Å². The van der Waals surface area contributed by atoms with E-state index >= 15 is 0 Å². The Morgan fingerprint density at radius 1 is 1.32 bits per heavy atom. The number of pyridine rings is 1. The van der Waals surface area contributed by atoms with Gasteiger partial charge in [0.2, 0.25) is 0 Å². The predicted octanol–water partition coefficient (Wildman–Crippen LogP) is 2.51. The second-order valence-corrected chi connectivity index (χ2v) is 6.51. The topological polar surface area (TPSA) is 93.4 Å². The first-order valence-corrected chi connectivity index (χ1v) is 8.74. The number of amides is 2. The minimum atomic E-state index is -4.49. The molecule has 2 aromatic rings. The Hall–Kier alpha value is -2.69. The zero-order valence-electron chi connectivity index (χ0n) is 15.4. The number of nitrogens with one attached hydrogen (secondary N) is 1. The van der Waals surface area contributed by atoms with Crippen molar-refractivity contribution in [1.29, 1.82) is 0 Å². The molecular formula is C17H20F3N5O3. The smallest absolute Gasteiger partial charge is 0.362 e. The van der Waals surface area contributed by atoms with Crippen molar-refractivity contribution in [3.63, 3.8) is 0 Å². The fourth-order valence-electron chi connectivity index (χ4n) is 2.88. The number of aromatic nitrogens is 3. The summed E-state index contributed by atoms with van der Waals surface area (Å²) < 4.78 is 49.0. The maximum Gasteiger partial charge on any atom is 0.433 e.